The maximum Gasteiger partial charge on any atom is 0.317 e. The van der Waals surface area contributed by atoms with E-state index in [1.54, 1.807) is 4.90 Å². The van der Waals surface area contributed by atoms with Crippen LogP contribution >= 0.6 is 11.8 Å². The smallest absolute Gasteiger partial charge is 0.317 e. The number of carbonyl (C=O) groups excluding carboxylic acids is 1. The fraction of sp³-hybridized carbons (Fsp3) is 0.588. The lowest BCUT2D eigenvalue weighted by Crippen LogP contribution is -2.44. The lowest BCUT2D eigenvalue weighted by atomic mass is 10.2. The van der Waals surface area contributed by atoms with Crippen LogP contribution in [0.25, 0.3) is 0 Å². The van der Waals surface area contributed by atoms with Crippen LogP contribution in [0, 0.1) is 0 Å². The molecule has 0 aromatic heterocycles. The quantitative estimate of drug-likeness (QED) is 0.811. The van der Waals surface area contributed by atoms with E-state index in [9.17, 15) is 9.90 Å². The monoisotopic (exact) mass is 322 g/mol. The lowest BCUT2D eigenvalue weighted by Gasteiger charge is -2.24. The molecule has 0 saturated heterocycles. The van der Waals surface area contributed by atoms with Gasteiger partial charge in [-0.2, -0.15) is 11.8 Å². The summed E-state index contributed by atoms with van der Waals surface area (Å²) in [5.74, 6) is 1.13. The molecule has 22 heavy (non-hydrogen) atoms. The summed E-state index contributed by atoms with van der Waals surface area (Å²) in [5.41, 5.74) is 1.08. The third-order valence-corrected chi connectivity index (χ3v) is 5.22. The number of amides is 2. The standard InChI is InChI=1S/C17H26N2O2S/c1-2-22-16-9-8-15(12-16)18-17(21)19(10-11-20)13-14-6-4-3-5-7-14/h3-7,15-16,20H,2,8-13H2,1H3,(H,18,21). The minimum atomic E-state index is -0.0648. The van der Waals surface area contributed by atoms with Crippen LogP contribution in [-0.4, -0.2) is 46.2 Å². The first-order valence-corrected chi connectivity index (χ1v) is 9.09. The summed E-state index contributed by atoms with van der Waals surface area (Å²) in [7, 11) is 0. The number of carbonyl (C=O) groups is 1. The van der Waals surface area contributed by atoms with Crippen molar-refractivity contribution in [3.8, 4) is 0 Å². The molecule has 1 fully saturated rings. The lowest BCUT2D eigenvalue weighted by molar-refractivity contribution is 0.171. The maximum atomic E-state index is 12.5. The molecule has 5 heteroatoms. The average Bonchev–Trinajstić information content (AvgIpc) is 2.95. The largest absolute Gasteiger partial charge is 0.395 e. The van der Waals surface area contributed by atoms with Crippen molar-refractivity contribution in [1.29, 1.82) is 0 Å². The van der Waals surface area contributed by atoms with Crippen LogP contribution < -0.4 is 5.32 Å². The molecule has 0 radical (unpaired) electrons. The van der Waals surface area contributed by atoms with Gasteiger partial charge in [0.15, 0.2) is 0 Å². The third-order valence-electron chi connectivity index (χ3n) is 3.99. The van der Waals surface area contributed by atoms with Gasteiger partial charge in [-0.15, -0.1) is 0 Å². The number of hydrogen-bond acceptors (Lipinski definition) is 3. The molecule has 2 unspecified atom stereocenters. The van der Waals surface area contributed by atoms with E-state index >= 15 is 0 Å². The van der Waals surface area contributed by atoms with Gasteiger partial charge in [0.05, 0.1) is 6.61 Å². The van der Waals surface area contributed by atoms with Crippen molar-refractivity contribution in [2.75, 3.05) is 18.9 Å². The second-order valence-electron chi connectivity index (χ2n) is 5.67. The number of nitrogens with one attached hydrogen (secondary N) is 1. The molecule has 1 saturated carbocycles. The van der Waals surface area contributed by atoms with Gasteiger partial charge in [-0.3, -0.25) is 0 Å². The topological polar surface area (TPSA) is 52.6 Å². The molecule has 2 rings (SSSR count). The molecule has 1 aromatic rings. The molecular formula is C17H26N2O2S. The third kappa shape index (κ3) is 5.21. The van der Waals surface area contributed by atoms with Crippen molar-refractivity contribution in [2.24, 2.45) is 0 Å². The van der Waals surface area contributed by atoms with E-state index in [0.29, 0.717) is 18.3 Å². The van der Waals surface area contributed by atoms with Crippen LogP contribution in [0.4, 0.5) is 4.79 Å². The Hall–Kier alpha value is -1.20. The highest BCUT2D eigenvalue weighted by Crippen LogP contribution is 2.29. The van der Waals surface area contributed by atoms with Crippen LogP contribution in [-0.2, 0) is 6.54 Å². The second-order valence-corrected chi connectivity index (χ2v) is 7.24. The van der Waals surface area contributed by atoms with E-state index in [1.165, 1.54) is 6.42 Å². The molecule has 0 spiro atoms. The zero-order valence-electron chi connectivity index (χ0n) is 13.2. The van der Waals surface area contributed by atoms with Gasteiger partial charge >= 0.3 is 6.03 Å². The molecule has 1 aliphatic rings. The van der Waals surface area contributed by atoms with E-state index in [4.69, 9.17) is 0 Å². The van der Waals surface area contributed by atoms with E-state index in [1.807, 2.05) is 42.1 Å². The van der Waals surface area contributed by atoms with E-state index in [-0.39, 0.29) is 18.7 Å². The Kier molecular flexibility index (Phi) is 7.06. The highest BCUT2D eigenvalue weighted by atomic mass is 32.2. The highest BCUT2D eigenvalue weighted by Gasteiger charge is 2.27. The molecule has 1 aliphatic carbocycles. The van der Waals surface area contributed by atoms with Crippen LogP contribution in [0.5, 0.6) is 0 Å². The Morgan fingerprint density at radius 1 is 1.36 bits per heavy atom. The predicted molar refractivity (Wildman–Crippen MR) is 92.0 cm³/mol. The first-order chi connectivity index (χ1) is 10.7. The number of benzene rings is 1. The second kappa shape index (κ2) is 9.06. The average molecular weight is 322 g/mol. The summed E-state index contributed by atoms with van der Waals surface area (Å²) >= 11 is 1.99. The maximum absolute atomic E-state index is 12.5. The van der Waals surface area contributed by atoms with Crippen LogP contribution in [0.1, 0.15) is 31.7 Å². The molecule has 122 valence electrons. The number of nitrogens with zero attached hydrogens (tertiary/aromatic N) is 1. The van der Waals surface area contributed by atoms with Crippen molar-refractivity contribution in [1.82, 2.24) is 10.2 Å². The fourth-order valence-corrected chi connectivity index (χ4v) is 4.04. The number of hydrogen-bond donors (Lipinski definition) is 2. The van der Waals surface area contributed by atoms with Crippen molar-refractivity contribution < 1.29 is 9.90 Å². The summed E-state index contributed by atoms with van der Waals surface area (Å²) < 4.78 is 0. The summed E-state index contributed by atoms with van der Waals surface area (Å²) in [6.07, 6.45) is 3.30. The van der Waals surface area contributed by atoms with Gasteiger partial charge in [0.1, 0.15) is 0 Å². The Balaban J connectivity index is 1.87. The molecule has 0 aliphatic heterocycles. The zero-order valence-corrected chi connectivity index (χ0v) is 14.0. The molecular weight excluding hydrogens is 296 g/mol. The van der Waals surface area contributed by atoms with Gasteiger partial charge in [0.25, 0.3) is 0 Å². The minimum Gasteiger partial charge on any atom is -0.395 e. The Morgan fingerprint density at radius 3 is 2.82 bits per heavy atom. The first-order valence-electron chi connectivity index (χ1n) is 8.04. The highest BCUT2D eigenvalue weighted by molar-refractivity contribution is 7.99. The number of urea groups is 1. The number of aliphatic hydroxyl groups excluding tert-OH is 1. The molecule has 0 bridgehead atoms. The number of rotatable bonds is 7. The molecule has 1 aromatic carbocycles. The van der Waals surface area contributed by atoms with E-state index in [0.717, 1.165) is 24.2 Å². The van der Waals surface area contributed by atoms with Crippen molar-refractivity contribution >= 4 is 17.8 Å². The van der Waals surface area contributed by atoms with Gasteiger partial charge in [0.2, 0.25) is 0 Å². The minimum absolute atomic E-state index is 0.0147. The Bertz CT molecular complexity index is 455. The molecule has 2 atom stereocenters. The van der Waals surface area contributed by atoms with Gasteiger partial charge < -0.3 is 15.3 Å². The van der Waals surface area contributed by atoms with Crippen LogP contribution in [0.2, 0.25) is 0 Å². The zero-order chi connectivity index (χ0) is 15.8. The summed E-state index contributed by atoms with van der Waals surface area (Å²) in [5, 5.41) is 13.0. The van der Waals surface area contributed by atoms with Gasteiger partial charge in [-0.05, 0) is 30.6 Å². The van der Waals surface area contributed by atoms with Crippen molar-refractivity contribution in [3.63, 3.8) is 0 Å². The van der Waals surface area contributed by atoms with E-state index in [2.05, 4.69) is 12.2 Å². The van der Waals surface area contributed by atoms with Gasteiger partial charge in [0, 0.05) is 24.4 Å². The summed E-state index contributed by atoms with van der Waals surface area (Å²) in [6.45, 7) is 3.06. The Morgan fingerprint density at radius 2 is 2.14 bits per heavy atom. The fourth-order valence-electron chi connectivity index (χ4n) is 2.90. The van der Waals surface area contributed by atoms with Crippen molar-refractivity contribution in [3.05, 3.63) is 35.9 Å². The molecule has 2 amide bonds. The molecule has 0 heterocycles. The summed E-state index contributed by atoms with van der Waals surface area (Å²) in [4.78, 5) is 14.1. The van der Waals surface area contributed by atoms with Gasteiger partial charge in [-0.25, -0.2) is 4.79 Å². The van der Waals surface area contributed by atoms with Crippen LogP contribution in [0.15, 0.2) is 30.3 Å². The SMILES string of the molecule is CCSC1CCC(NC(=O)N(CCO)Cc2ccccc2)C1. The molecule has 4 nitrogen and oxygen atoms in total. The van der Waals surface area contributed by atoms with Crippen LogP contribution in [0.3, 0.4) is 0 Å². The molecule has 2 N–H and O–H groups in total. The first kappa shape index (κ1) is 17.2. The van der Waals surface area contributed by atoms with Crippen molar-refractivity contribution in [2.45, 2.75) is 44.0 Å². The van der Waals surface area contributed by atoms with Gasteiger partial charge in [-0.1, -0.05) is 37.3 Å². The predicted octanol–water partition coefficient (Wildman–Crippen LogP) is 2.86. The number of aliphatic hydroxyl groups is 1. The van der Waals surface area contributed by atoms with E-state index < -0.39 is 0 Å². The Labute approximate surface area is 137 Å². The summed E-state index contributed by atoms with van der Waals surface area (Å²) in [6, 6.07) is 10.1. The number of thioether (sulfide) groups is 1. The normalized spacial score (nSPS) is 20.8.